The summed E-state index contributed by atoms with van der Waals surface area (Å²) in [4.78, 5) is 17.6. The van der Waals surface area contributed by atoms with Gasteiger partial charge in [-0.3, -0.25) is 5.10 Å². The predicted molar refractivity (Wildman–Crippen MR) is 95.2 cm³/mol. The molecule has 2 heterocycles. The first-order valence-corrected chi connectivity index (χ1v) is 8.09. The van der Waals surface area contributed by atoms with Crippen LogP contribution in [0.1, 0.15) is 29.4 Å². The second kappa shape index (κ2) is 7.21. The van der Waals surface area contributed by atoms with E-state index in [9.17, 15) is 9.90 Å². The van der Waals surface area contributed by atoms with Gasteiger partial charge in [-0.05, 0) is 30.7 Å². The van der Waals surface area contributed by atoms with Gasteiger partial charge in [-0.25, -0.2) is 9.78 Å². The van der Waals surface area contributed by atoms with Crippen molar-refractivity contribution in [3.63, 3.8) is 0 Å². The predicted octanol–water partition coefficient (Wildman–Crippen LogP) is 3.08. The first-order chi connectivity index (χ1) is 12.1. The van der Waals surface area contributed by atoms with E-state index in [1.807, 2.05) is 42.3 Å². The molecule has 25 heavy (non-hydrogen) atoms. The number of benzene rings is 1. The molecule has 0 amide bonds. The van der Waals surface area contributed by atoms with E-state index >= 15 is 0 Å². The Hall–Kier alpha value is -3.09. The molecule has 3 rings (SSSR count). The lowest BCUT2D eigenvalue weighted by atomic mass is 10.1. The SMILES string of the molecule is CCCOc1ncccc1CN(C)c1ccc2[nH]nc(C(=O)O)c2c1. The topological polar surface area (TPSA) is 91.3 Å². The highest BCUT2D eigenvalue weighted by Gasteiger charge is 2.15. The molecule has 0 aliphatic heterocycles. The fourth-order valence-electron chi connectivity index (χ4n) is 2.62. The lowest BCUT2D eigenvalue weighted by Gasteiger charge is -2.20. The number of aromatic carboxylic acids is 1. The number of carboxylic acid groups (broad SMARTS) is 1. The highest BCUT2D eigenvalue weighted by molar-refractivity contribution is 6.01. The molecule has 2 aromatic heterocycles. The van der Waals surface area contributed by atoms with Gasteiger partial charge in [0.1, 0.15) is 0 Å². The maximum Gasteiger partial charge on any atom is 0.357 e. The van der Waals surface area contributed by atoms with Crippen LogP contribution in [0.25, 0.3) is 10.9 Å². The largest absolute Gasteiger partial charge is 0.477 e. The lowest BCUT2D eigenvalue weighted by molar-refractivity contribution is 0.0692. The molecule has 0 aliphatic rings. The summed E-state index contributed by atoms with van der Waals surface area (Å²) < 4.78 is 5.70. The molecule has 1 aromatic carbocycles. The minimum absolute atomic E-state index is 0.0265. The van der Waals surface area contributed by atoms with Gasteiger partial charge in [0, 0.05) is 36.4 Å². The Bertz CT molecular complexity index is 891. The molecule has 0 bridgehead atoms. The Morgan fingerprint density at radius 1 is 1.36 bits per heavy atom. The second-order valence-corrected chi connectivity index (χ2v) is 5.78. The van der Waals surface area contributed by atoms with Gasteiger partial charge < -0.3 is 14.7 Å². The summed E-state index contributed by atoms with van der Waals surface area (Å²) in [6, 6.07) is 9.44. The normalized spacial score (nSPS) is 10.8. The lowest BCUT2D eigenvalue weighted by Crippen LogP contribution is -2.17. The number of carboxylic acids is 1. The molecular weight excluding hydrogens is 320 g/mol. The van der Waals surface area contributed by atoms with Crippen LogP contribution in [0.3, 0.4) is 0 Å². The molecule has 0 saturated carbocycles. The molecule has 0 unspecified atom stereocenters. The van der Waals surface area contributed by atoms with Gasteiger partial charge in [-0.2, -0.15) is 5.10 Å². The number of fused-ring (bicyclic) bond motifs is 1. The number of aromatic nitrogens is 3. The first kappa shape index (κ1) is 16.8. The second-order valence-electron chi connectivity index (χ2n) is 5.78. The number of carbonyl (C=O) groups is 1. The molecule has 0 atom stereocenters. The third kappa shape index (κ3) is 3.55. The fraction of sp³-hybridized carbons (Fsp3) is 0.278. The van der Waals surface area contributed by atoms with E-state index in [1.165, 1.54) is 0 Å². The van der Waals surface area contributed by atoms with E-state index in [0.29, 0.717) is 29.9 Å². The summed E-state index contributed by atoms with van der Waals surface area (Å²) >= 11 is 0. The van der Waals surface area contributed by atoms with Gasteiger partial charge in [-0.1, -0.05) is 13.0 Å². The summed E-state index contributed by atoms with van der Waals surface area (Å²) in [6.45, 7) is 3.27. The number of aromatic amines is 1. The Labute approximate surface area is 145 Å². The standard InChI is InChI=1S/C18H20N4O3/c1-3-9-25-17-12(5-4-8-19-17)11-22(2)13-6-7-15-14(10-13)16(18(23)24)21-20-15/h4-8,10H,3,9,11H2,1-2H3,(H,20,21)(H,23,24). The molecule has 0 aliphatic carbocycles. The van der Waals surface area contributed by atoms with Crippen molar-refractivity contribution >= 4 is 22.6 Å². The van der Waals surface area contributed by atoms with Crippen molar-refractivity contribution < 1.29 is 14.6 Å². The number of rotatable bonds is 7. The van der Waals surface area contributed by atoms with E-state index in [-0.39, 0.29) is 5.69 Å². The maximum atomic E-state index is 11.3. The van der Waals surface area contributed by atoms with E-state index in [2.05, 4.69) is 22.1 Å². The number of nitrogens with zero attached hydrogens (tertiary/aromatic N) is 3. The van der Waals surface area contributed by atoms with Crippen LogP contribution in [-0.2, 0) is 6.54 Å². The molecule has 0 spiro atoms. The Morgan fingerprint density at radius 3 is 2.96 bits per heavy atom. The Balaban J connectivity index is 1.86. The van der Waals surface area contributed by atoms with Crippen LogP contribution in [0.15, 0.2) is 36.5 Å². The summed E-state index contributed by atoms with van der Waals surface area (Å²) in [5.41, 5.74) is 2.59. The average Bonchev–Trinajstić information content (AvgIpc) is 3.04. The number of hydrogen-bond acceptors (Lipinski definition) is 5. The average molecular weight is 340 g/mol. The van der Waals surface area contributed by atoms with Crippen LogP contribution >= 0.6 is 0 Å². The molecular formula is C18H20N4O3. The summed E-state index contributed by atoms with van der Waals surface area (Å²) in [5, 5.41) is 16.4. The van der Waals surface area contributed by atoms with Crippen molar-refractivity contribution in [2.75, 3.05) is 18.6 Å². The van der Waals surface area contributed by atoms with E-state index < -0.39 is 5.97 Å². The smallest absolute Gasteiger partial charge is 0.357 e. The zero-order chi connectivity index (χ0) is 17.8. The number of ether oxygens (including phenoxy) is 1. The Morgan fingerprint density at radius 2 is 2.20 bits per heavy atom. The summed E-state index contributed by atoms with van der Waals surface area (Å²) in [7, 11) is 1.94. The van der Waals surface area contributed by atoms with Crippen LogP contribution in [0.2, 0.25) is 0 Å². The number of nitrogens with one attached hydrogen (secondary N) is 1. The van der Waals surface area contributed by atoms with Crippen molar-refractivity contribution in [1.82, 2.24) is 15.2 Å². The van der Waals surface area contributed by atoms with Gasteiger partial charge in [0.15, 0.2) is 5.69 Å². The molecule has 0 fully saturated rings. The van der Waals surface area contributed by atoms with Crippen molar-refractivity contribution in [1.29, 1.82) is 0 Å². The third-order valence-corrected chi connectivity index (χ3v) is 3.89. The molecule has 0 saturated heterocycles. The van der Waals surface area contributed by atoms with E-state index in [0.717, 1.165) is 17.7 Å². The molecule has 3 aromatic rings. The van der Waals surface area contributed by atoms with E-state index in [1.54, 1.807) is 6.20 Å². The highest BCUT2D eigenvalue weighted by atomic mass is 16.5. The molecule has 0 radical (unpaired) electrons. The third-order valence-electron chi connectivity index (χ3n) is 3.89. The molecule has 130 valence electrons. The quantitative estimate of drug-likeness (QED) is 0.687. The number of pyridine rings is 1. The van der Waals surface area contributed by atoms with Gasteiger partial charge in [0.25, 0.3) is 0 Å². The van der Waals surface area contributed by atoms with Crippen molar-refractivity contribution in [2.24, 2.45) is 0 Å². The minimum atomic E-state index is -1.05. The fourth-order valence-corrected chi connectivity index (χ4v) is 2.62. The van der Waals surface area contributed by atoms with Crippen molar-refractivity contribution in [3.05, 3.63) is 47.8 Å². The number of anilines is 1. The Kier molecular flexibility index (Phi) is 4.83. The molecule has 2 N–H and O–H groups in total. The van der Waals surface area contributed by atoms with E-state index in [4.69, 9.17) is 4.74 Å². The van der Waals surface area contributed by atoms with Crippen molar-refractivity contribution in [3.8, 4) is 5.88 Å². The van der Waals surface area contributed by atoms with Crippen LogP contribution in [0.5, 0.6) is 5.88 Å². The van der Waals surface area contributed by atoms with Crippen LogP contribution in [0.4, 0.5) is 5.69 Å². The first-order valence-electron chi connectivity index (χ1n) is 8.09. The molecule has 7 heteroatoms. The monoisotopic (exact) mass is 340 g/mol. The highest BCUT2D eigenvalue weighted by Crippen LogP contribution is 2.25. The van der Waals surface area contributed by atoms with Gasteiger partial charge in [0.2, 0.25) is 5.88 Å². The summed E-state index contributed by atoms with van der Waals surface area (Å²) in [5.74, 6) is -0.416. The van der Waals surface area contributed by atoms with Gasteiger partial charge in [0.05, 0.1) is 12.1 Å². The van der Waals surface area contributed by atoms with Crippen LogP contribution in [-0.4, -0.2) is 39.9 Å². The maximum absolute atomic E-state index is 11.3. The van der Waals surface area contributed by atoms with Gasteiger partial charge >= 0.3 is 5.97 Å². The zero-order valence-electron chi connectivity index (χ0n) is 14.2. The zero-order valence-corrected chi connectivity index (χ0v) is 14.2. The number of hydrogen-bond donors (Lipinski definition) is 2. The summed E-state index contributed by atoms with van der Waals surface area (Å²) in [6.07, 6.45) is 2.63. The minimum Gasteiger partial charge on any atom is -0.477 e. The van der Waals surface area contributed by atoms with Crippen molar-refractivity contribution in [2.45, 2.75) is 19.9 Å². The molecule has 7 nitrogen and oxygen atoms in total. The van der Waals surface area contributed by atoms with Crippen LogP contribution in [0, 0.1) is 0 Å². The van der Waals surface area contributed by atoms with Crippen LogP contribution < -0.4 is 9.64 Å². The van der Waals surface area contributed by atoms with Gasteiger partial charge in [-0.15, -0.1) is 0 Å². The number of H-pyrrole nitrogens is 1.